The van der Waals surface area contributed by atoms with Crippen molar-refractivity contribution in [1.82, 2.24) is 0 Å². The third-order valence-electron chi connectivity index (χ3n) is 6.99. The topological polar surface area (TPSA) is 21.7 Å². The molecule has 5 aromatic carbocycles. The van der Waals surface area contributed by atoms with Gasteiger partial charge in [0.2, 0.25) is 0 Å². The van der Waals surface area contributed by atoms with Crippen molar-refractivity contribution in [1.29, 1.82) is 0 Å². The van der Waals surface area contributed by atoms with Crippen molar-refractivity contribution in [3.05, 3.63) is 120 Å². The summed E-state index contributed by atoms with van der Waals surface area (Å²) in [6.45, 7) is 0. The average Bonchev–Trinajstić information content (AvgIpc) is 2.92. The van der Waals surface area contributed by atoms with Gasteiger partial charge in [0.1, 0.15) is 11.5 Å². The molecule has 1 atom stereocenters. The van der Waals surface area contributed by atoms with Crippen molar-refractivity contribution in [2.24, 2.45) is 0 Å². The summed E-state index contributed by atoms with van der Waals surface area (Å²) in [6.07, 6.45) is 4.43. The molecule has 5 aromatic rings. The van der Waals surface area contributed by atoms with Crippen LogP contribution in [-0.2, 0) is 5.60 Å². The minimum absolute atomic E-state index is 0.786. The van der Waals surface area contributed by atoms with E-state index < -0.39 is 5.60 Å². The summed E-state index contributed by atoms with van der Waals surface area (Å²) in [5, 5.41) is 4.77. The maximum atomic E-state index is 7.04. The summed E-state index contributed by atoms with van der Waals surface area (Å²) < 4.78 is 12.5. The lowest BCUT2D eigenvalue weighted by Crippen LogP contribution is -2.34. The fourth-order valence-electron chi connectivity index (χ4n) is 5.24. The Morgan fingerprint density at radius 1 is 0.714 bits per heavy atom. The van der Waals surface area contributed by atoms with E-state index in [-0.39, 0.29) is 0 Å². The number of hydrogen-bond donors (Lipinski definition) is 0. The highest BCUT2D eigenvalue weighted by Crippen LogP contribution is 2.47. The van der Waals surface area contributed by atoms with E-state index in [0.29, 0.717) is 0 Å². The predicted molar refractivity (Wildman–Crippen MR) is 146 cm³/mol. The van der Waals surface area contributed by atoms with Gasteiger partial charge in [-0.05, 0) is 52.6 Å². The van der Waals surface area contributed by atoms with Crippen LogP contribution in [0.15, 0.2) is 103 Å². The van der Waals surface area contributed by atoms with Crippen LogP contribution in [0.5, 0.6) is 11.5 Å². The summed E-state index contributed by atoms with van der Waals surface area (Å²) in [6, 6.07) is 33.8. The van der Waals surface area contributed by atoms with Crippen LogP contribution < -0.4 is 14.4 Å². The van der Waals surface area contributed by atoms with Crippen molar-refractivity contribution >= 4 is 33.3 Å². The monoisotopic (exact) mass is 457 g/mol. The number of fused-ring (bicyclic) bond motifs is 4. The molecule has 0 aliphatic carbocycles. The molecule has 172 valence electrons. The molecular weight excluding hydrogens is 430 g/mol. The summed E-state index contributed by atoms with van der Waals surface area (Å²) >= 11 is 0. The number of benzene rings is 5. The van der Waals surface area contributed by atoms with Crippen molar-refractivity contribution in [3.8, 4) is 11.5 Å². The quantitative estimate of drug-likeness (QED) is 0.280. The molecule has 1 aliphatic rings. The van der Waals surface area contributed by atoms with E-state index in [1.165, 1.54) is 27.2 Å². The molecule has 0 aromatic heterocycles. The lowest BCUT2D eigenvalue weighted by molar-refractivity contribution is 0.163. The number of anilines is 1. The Hall–Kier alpha value is -4.24. The minimum atomic E-state index is -0.786. The van der Waals surface area contributed by atoms with E-state index in [4.69, 9.17) is 9.47 Å². The molecule has 3 nitrogen and oxygen atoms in total. The summed E-state index contributed by atoms with van der Waals surface area (Å²) in [5.74, 6) is 1.70. The van der Waals surface area contributed by atoms with Crippen molar-refractivity contribution < 1.29 is 9.47 Å². The Kier molecular flexibility index (Phi) is 5.00. The van der Waals surface area contributed by atoms with E-state index in [0.717, 1.165) is 28.2 Å². The van der Waals surface area contributed by atoms with Crippen LogP contribution in [0.2, 0.25) is 0 Å². The number of nitrogens with zero attached hydrogens (tertiary/aromatic N) is 1. The van der Waals surface area contributed by atoms with Crippen molar-refractivity contribution in [3.63, 3.8) is 0 Å². The van der Waals surface area contributed by atoms with Crippen LogP contribution >= 0.6 is 0 Å². The SMILES string of the molecule is COc1ccc(C2(c3ccc(N(C)C)c4ccccc34)C=Cc3c(ccc4ccccc34)O2)cc1. The molecule has 1 aliphatic heterocycles. The van der Waals surface area contributed by atoms with Gasteiger partial charge < -0.3 is 14.4 Å². The smallest absolute Gasteiger partial charge is 0.178 e. The average molecular weight is 458 g/mol. The third-order valence-corrected chi connectivity index (χ3v) is 6.99. The zero-order valence-corrected chi connectivity index (χ0v) is 20.2. The van der Waals surface area contributed by atoms with Gasteiger partial charge in [-0.1, -0.05) is 72.8 Å². The Morgan fingerprint density at radius 3 is 2.17 bits per heavy atom. The molecule has 6 rings (SSSR count). The molecule has 0 fully saturated rings. The van der Waals surface area contributed by atoms with E-state index in [1.54, 1.807) is 7.11 Å². The lowest BCUT2D eigenvalue weighted by Gasteiger charge is -2.37. The van der Waals surface area contributed by atoms with E-state index in [1.807, 2.05) is 12.1 Å². The number of methoxy groups -OCH3 is 1. The predicted octanol–water partition coefficient (Wildman–Crippen LogP) is 7.42. The van der Waals surface area contributed by atoms with E-state index in [9.17, 15) is 0 Å². The second kappa shape index (κ2) is 8.21. The molecule has 0 bridgehead atoms. The third kappa shape index (κ3) is 3.35. The van der Waals surface area contributed by atoms with Gasteiger partial charge in [0.05, 0.1) is 7.11 Å². The Labute approximate surface area is 205 Å². The molecule has 1 heterocycles. The first kappa shape index (κ1) is 21.3. The Morgan fingerprint density at radius 2 is 1.43 bits per heavy atom. The molecule has 0 N–H and O–H groups in total. The van der Waals surface area contributed by atoms with E-state index >= 15 is 0 Å². The second-order valence-electron chi connectivity index (χ2n) is 9.17. The van der Waals surface area contributed by atoms with Gasteiger partial charge in [0, 0.05) is 41.9 Å². The molecule has 0 saturated carbocycles. The normalized spacial score (nSPS) is 16.7. The van der Waals surface area contributed by atoms with Crippen molar-refractivity contribution in [2.75, 3.05) is 26.1 Å². The summed E-state index contributed by atoms with van der Waals surface area (Å²) in [5.41, 5.74) is 3.67. The molecule has 1 unspecified atom stereocenters. The molecule has 0 saturated heterocycles. The maximum Gasteiger partial charge on any atom is 0.178 e. The Balaban J connectivity index is 1.63. The fourth-order valence-corrected chi connectivity index (χ4v) is 5.24. The highest BCUT2D eigenvalue weighted by Gasteiger charge is 2.39. The first-order valence-corrected chi connectivity index (χ1v) is 11.8. The zero-order valence-electron chi connectivity index (χ0n) is 20.2. The zero-order chi connectivity index (χ0) is 24.0. The van der Waals surface area contributed by atoms with Crippen LogP contribution in [0, 0.1) is 0 Å². The van der Waals surface area contributed by atoms with Crippen LogP contribution in [0.4, 0.5) is 5.69 Å². The summed E-state index contributed by atoms with van der Waals surface area (Å²) in [7, 11) is 5.86. The van der Waals surface area contributed by atoms with Gasteiger partial charge in [0.25, 0.3) is 0 Å². The van der Waals surface area contributed by atoms with Gasteiger partial charge >= 0.3 is 0 Å². The standard InChI is InChI=1S/C32H27NO2/c1-33(2)30-18-17-29(26-10-6-7-11-27(26)30)32(23-13-15-24(34-3)16-14-23)21-20-28-25-9-5-4-8-22(25)12-19-31(28)35-32/h4-21H,1-3H3. The Bertz CT molecular complexity index is 1580. The van der Waals surface area contributed by atoms with Gasteiger partial charge in [-0.2, -0.15) is 0 Å². The van der Waals surface area contributed by atoms with Gasteiger partial charge in [0.15, 0.2) is 5.60 Å². The highest BCUT2D eigenvalue weighted by molar-refractivity contribution is 5.98. The van der Waals surface area contributed by atoms with Gasteiger partial charge in [-0.3, -0.25) is 0 Å². The van der Waals surface area contributed by atoms with Crippen LogP contribution in [-0.4, -0.2) is 21.2 Å². The van der Waals surface area contributed by atoms with Crippen molar-refractivity contribution in [2.45, 2.75) is 5.60 Å². The largest absolute Gasteiger partial charge is 0.497 e. The number of rotatable bonds is 4. The van der Waals surface area contributed by atoms with Crippen LogP contribution in [0.3, 0.4) is 0 Å². The lowest BCUT2D eigenvalue weighted by atomic mass is 9.80. The summed E-state index contributed by atoms with van der Waals surface area (Å²) in [4.78, 5) is 2.16. The molecular formula is C32H27NO2. The second-order valence-corrected chi connectivity index (χ2v) is 9.17. The van der Waals surface area contributed by atoms with Crippen LogP contribution in [0.1, 0.15) is 16.7 Å². The van der Waals surface area contributed by atoms with Crippen LogP contribution in [0.25, 0.3) is 27.6 Å². The van der Waals surface area contributed by atoms with E-state index in [2.05, 4.69) is 116 Å². The molecule has 0 spiro atoms. The van der Waals surface area contributed by atoms with Gasteiger partial charge in [-0.25, -0.2) is 0 Å². The fraction of sp³-hybridized carbons (Fsp3) is 0.125. The molecule has 0 amide bonds. The molecule has 35 heavy (non-hydrogen) atoms. The first-order valence-electron chi connectivity index (χ1n) is 11.8. The maximum absolute atomic E-state index is 7.04. The first-order chi connectivity index (χ1) is 17.1. The number of ether oxygens (including phenoxy) is 2. The molecule has 0 radical (unpaired) electrons. The number of hydrogen-bond acceptors (Lipinski definition) is 3. The molecule has 3 heteroatoms. The minimum Gasteiger partial charge on any atom is -0.497 e. The van der Waals surface area contributed by atoms with Gasteiger partial charge in [-0.15, -0.1) is 0 Å². The highest BCUT2D eigenvalue weighted by atomic mass is 16.5.